The molecule has 0 aromatic carbocycles. The van der Waals surface area contributed by atoms with Gasteiger partial charge in [-0.3, -0.25) is 4.79 Å². The maximum atomic E-state index is 11.3. The summed E-state index contributed by atoms with van der Waals surface area (Å²) >= 11 is 0. The molecule has 0 radical (unpaired) electrons. The second kappa shape index (κ2) is 3.38. The van der Waals surface area contributed by atoms with Crippen LogP contribution in [0.15, 0.2) is 17.1 Å². The number of ether oxygens (including phenoxy) is 1. The maximum Gasteiger partial charge on any atom is 0.318 e. The molecule has 2 aromatic rings. The van der Waals surface area contributed by atoms with Crippen molar-refractivity contribution in [2.75, 3.05) is 7.11 Å². The smallest absolute Gasteiger partial charge is 0.318 e. The zero-order chi connectivity index (χ0) is 10.8. The van der Waals surface area contributed by atoms with E-state index in [1.165, 1.54) is 19.4 Å². The summed E-state index contributed by atoms with van der Waals surface area (Å²) in [5, 5.41) is 9.23. The van der Waals surface area contributed by atoms with Crippen LogP contribution in [0.1, 0.15) is 5.56 Å². The lowest BCUT2D eigenvalue weighted by atomic mass is 10.2. The molecule has 74 valence electrons. The molecule has 6 nitrogen and oxygen atoms in total. The zero-order valence-corrected chi connectivity index (χ0v) is 7.81. The Labute approximate surface area is 84.2 Å². The minimum absolute atomic E-state index is 0.0382. The van der Waals surface area contributed by atoms with Gasteiger partial charge in [-0.15, -0.1) is 0 Å². The Kier molecular flexibility index (Phi) is 2.06. The fourth-order valence-electron chi connectivity index (χ4n) is 1.16. The van der Waals surface area contributed by atoms with Crippen LogP contribution in [0.25, 0.3) is 11.0 Å². The van der Waals surface area contributed by atoms with Gasteiger partial charge in [0.25, 0.3) is 5.56 Å². The van der Waals surface area contributed by atoms with Crippen LogP contribution in [-0.2, 0) is 0 Å². The average molecular weight is 202 g/mol. The Morgan fingerprint density at radius 3 is 3.07 bits per heavy atom. The van der Waals surface area contributed by atoms with E-state index in [0.717, 1.165) is 0 Å². The lowest BCUT2D eigenvalue weighted by molar-refractivity contribution is 0.381. The third kappa shape index (κ3) is 1.50. The molecule has 0 atom stereocenters. The van der Waals surface area contributed by atoms with E-state index < -0.39 is 5.56 Å². The fourth-order valence-corrected chi connectivity index (χ4v) is 1.16. The molecule has 6 heteroatoms. The molecule has 0 aliphatic heterocycles. The molecule has 0 saturated carbocycles. The first kappa shape index (κ1) is 9.15. The Bertz CT molecular complexity index is 612. The number of H-pyrrole nitrogens is 1. The van der Waals surface area contributed by atoms with E-state index in [-0.39, 0.29) is 11.6 Å². The van der Waals surface area contributed by atoms with E-state index in [4.69, 9.17) is 10.00 Å². The van der Waals surface area contributed by atoms with Crippen molar-refractivity contribution < 1.29 is 4.74 Å². The molecule has 1 N–H and O–H groups in total. The summed E-state index contributed by atoms with van der Waals surface area (Å²) in [5.74, 6) is 0. The number of hydrogen-bond acceptors (Lipinski definition) is 5. The average Bonchev–Trinajstić information content (AvgIpc) is 2.27. The van der Waals surface area contributed by atoms with Gasteiger partial charge in [-0.2, -0.15) is 10.2 Å². The summed E-state index contributed by atoms with van der Waals surface area (Å²) in [6.07, 6.45) is 1.48. The molecule has 0 saturated heterocycles. The Hall–Kier alpha value is -2.42. The lowest BCUT2D eigenvalue weighted by Crippen LogP contribution is -2.10. The molecule has 0 unspecified atom stereocenters. The standard InChI is InChI=1S/C9H6N4O2/c1-15-9-11-4-6-2-5(3-10)8(14)12-7(6)13-9/h2,4H,1H3,(H,11,12,13,14). The number of aromatic amines is 1. The minimum Gasteiger partial charge on any atom is -0.467 e. The number of hydrogen-bond donors (Lipinski definition) is 1. The molecule has 2 heterocycles. The van der Waals surface area contributed by atoms with Gasteiger partial charge < -0.3 is 9.72 Å². The molecule has 0 aliphatic carbocycles. The molecule has 0 amide bonds. The molecule has 0 spiro atoms. The molecule has 0 bridgehead atoms. The largest absolute Gasteiger partial charge is 0.467 e. The van der Waals surface area contributed by atoms with Gasteiger partial charge in [0.05, 0.1) is 7.11 Å². The van der Waals surface area contributed by atoms with Gasteiger partial charge in [-0.05, 0) is 6.07 Å². The predicted octanol–water partition coefficient (Wildman–Crippen LogP) is 0.198. The van der Waals surface area contributed by atoms with Crippen molar-refractivity contribution >= 4 is 11.0 Å². The Morgan fingerprint density at radius 2 is 2.40 bits per heavy atom. The highest BCUT2D eigenvalue weighted by atomic mass is 16.5. The van der Waals surface area contributed by atoms with Crippen LogP contribution in [-0.4, -0.2) is 22.1 Å². The third-order valence-electron chi connectivity index (χ3n) is 1.87. The Morgan fingerprint density at radius 1 is 1.60 bits per heavy atom. The van der Waals surface area contributed by atoms with Crippen molar-refractivity contribution in [3.8, 4) is 12.1 Å². The number of aromatic nitrogens is 3. The summed E-state index contributed by atoms with van der Waals surface area (Å²) < 4.78 is 4.81. The number of fused-ring (bicyclic) bond motifs is 1. The van der Waals surface area contributed by atoms with Gasteiger partial charge in [0.15, 0.2) is 0 Å². The summed E-state index contributed by atoms with van der Waals surface area (Å²) in [5.41, 5.74) is -0.0760. The van der Waals surface area contributed by atoms with E-state index in [1.807, 2.05) is 0 Å². The van der Waals surface area contributed by atoms with Crippen molar-refractivity contribution in [2.24, 2.45) is 0 Å². The number of nitrogens with one attached hydrogen (secondary N) is 1. The summed E-state index contributed by atoms with van der Waals surface area (Å²) in [6, 6.07) is 3.39. The second-order valence-corrected chi connectivity index (χ2v) is 2.78. The molecule has 0 aliphatic rings. The van der Waals surface area contributed by atoms with Crippen molar-refractivity contribution in [3.05, 3.63) is 28.2 Å². The van der Waals surface area contributed by atoms with Crippen molar-refractivity contribution in [1.29, 1.82) is 5.26 Å². The van der Waals surface area contributed by atoms with Crippen LogP contribution in [0.4, 0.5) is 0 Å². The number of nitrogens with zero attached hydrogens (tertiary/aromatic N) is 3. The van der Waals surface area contributed by atoms with Crippen molar-refractivity contribution in [1.82, 2.24) is 15.0 Å². The molecule has 2 rings (SSSR count). The predicted molar refractivity (Wildman–Crippen MR) is 51.4 cm³/mol. The van der Waals surface area contributed by atoms with Crippen molar-refractivity contribution in [3.63, 3.8) is 0 Å². The molecule has 15 heavy (non-hydrogen) atoms. The third-order valence-corrected chi connectivity index (χ3v) is 1.87. The van der Waals surface area contributed by atoms with Crippen LogP contribution in [0.5, 0.6) is 6.01 Å². The van der Waals surface area contributed by atoms with Gasteiger partial charge >= 0.3 is 6.01 Å². The van der Waals surface area contributed by atoms with Gasteiger partial charge in [-0.25, -0.2) is 4.98 Å². The van der Waals surface area contributed by atoms with Gasteiger partial charge in [0.2, 0.25) is 0 Å². The van der Waals surface area contributed by atoms with E-state index in [9.17, 15) is 4.79 Å². The summed E-state index contributed by atoms with van der Waals surface area (Å²) in [6.45, 7) is 0. The van der Waals surface area contributed by atoms with E-state index in [1.54, 1.807) is 6.07 Å². The fraction of sp³-hybridized carbons (Fsp3) is 0.111. The molecule has 2 aromatic heterocycles. The number of rotatable bonds is 1. The van der Waals surface area contributed by atoms with Crippen LogP contribution in [0.2, 0.25) is 0 Å². The van der Waals surface area contributed by atoms with Crippen LogP contribution >= 0.6 is 0 Å². The highest BCUT2D eigenvalue weighted by molar-refractivity contribution is 5.74. The highest BCUT2D eigenvalue weighted by Crippen LogP contribution is 2.10. The lowest BCUT2D eigenvalue weighted by Gasteiger charge is -1.99. The zero-order valence-electron chi connectivity index (χ0n) is 7.81. The van der Waals surface area contributed by atoms with Crippen LogP contribution < -0.4 is 10.3 Å². The summed E-state index contributed by atoms with van der Waals surface area (Å²) in [7, 11) is 1.43. The first-order valence-electron chi connectivity index (χ1n) is 4.09. The minimum atomic E-state index is -0.467. The topological polar surface area (TPSA) is 91.7 Å². The van der Waals surface area contributed by atoms with Gasteiger partial charge in [0.1, 0.15) is 17.3 Å². The first-order valence-corrected chi connectivity index (χ1v) is 4.09. The number of pyridine rings is 1. The monoisotopic (exact) mass is 202 g/mol. The van der Waals surface area contributed by atoms with E-state index >= 15 is 0 Å². The SMILES string of the molecule is COc1ncc2cc(C#N)c(=O)[nH]c2n1. The molecule has 0 fully saturated rings. The number of methoxy groups -OCH3 is 1. The van der Waals surface area contributed by atoms with Gasteiger partial charge in [0, 0.05) is 11.6 Å². The quantitative estimate of drug-likeness (QED) is 0.713. The second-order valence-electron chi connectivity index (χ2n) is 2.78. The van der Waals surface area contributed by atoms with Crippen molar-refractivity contribution in [2.45, 2.75) is 0 Å². The number of nitriles is 1. The molecular formula is C9H6N4O2. The van der Waals surface area contributed by atoms with E-state index in [2.05, 4.69) is 15.0 Å². The summed E-state index contributed by atoms with van der Waals surface area (Å²) in [4.78, 5) is 21.6. The van der Waals surface area contributed by atoms with Crippen LogP contribution in [0, 0.1) is 11.3 Å². The Balaban J connectivity index is 2.77. The van der Waals surface area contributed by atoms with E-state index in [0.29, 0.717) is 11.0 Å². The maximum absolute atomic E-state index is 11.3. The van der Waals surface area contributed by atoms with Crippen LogP contribution in [0.3, 0.4) is 0 Å². The molecular weight excluding hydrogens is 196 g/mol. The van der Waals surface area contributed by atoms with Gasteiger partial charge in [-0.1, -0.05) is 0 Å². The highest BCUT2D eigenvalue weighted by Gasteiger charge is 2.04. The normalized spacial score (nSPS) is 9.87. The first-order chi connectivity index (χ1) is 7.24.